The van der Waals surface area contributed by atoms with Gasteiger partial charge < -0.3 is 5.73 Å². The quantitative estimate of drug-likeness (QED) is 0.894. The molecule has 1 heterocycles. The van der Waals surface area contributed by atoms with Crippen LogP contribution in [0.2, 0.25) is 5.02 Å². The molecule has 1 saturated heterocycles. The Bertz CT molecular complexity index is 374. The average Bonchev–Trinajstić information content (AvgIpc) is 2.24. The smallest absolute Gasteiger partial charge is 0.0410 e. The number of piperidine rings is 1. The summed E-state index contributed by atoms with van der Waals surface area (Å²) in [6.07, 6.45) is 2.34. The van der Waals surface area contributed by atoms with Gasteiger partial charge in [-0.3, -0.25) is 4.90 Å². The summed E-state index contributed by atoms with van der Waals surface area (Å²) in [4.78, 5) is 2.39. The summed E-state index contributed by atoms with van der Waals surface area (Å²) < 4.78 is 1.12. The van der Waals surface area contributed by atoms with Crippen molar-refractivity contribution in [3.05, 3.63) is 33.3 Å². The highest BCUT2D eigenvalue weighted by Gasteiger charge is 2.17. The minimum Gasteiger partial charge on any atom is -0.327 e. The molecule has 5 heteroatoms. The standard InChI is InChI=1S/C12H16BrClN2.ClH/c13-12-4-3-10(14)6-9(12)7-16-5-1-2-11(15)8-16;/h3-4,6,11H,1-2,5,7-8,15H2;1H. The second-order valence-electron chi connectivity index (χ2n) is 4.37. The summed E-state index contributed by atoms with van der Waals surface area (Å²) in [5.74, 6) is 0. The number of halogens is 3. The maximum atomic E-state index is 6.00. The van der Waals surface area contributed by atoms with Crippen molar-refractivity contribution in [3.8, 4) is 0 Å². The van der Waals surface area contributed by atoms with Crippen molar-refractivity contribution in [3.63, 3.8) is 0 Å². The minimum atomic E-state index is 0. The van der Waals surface area contributed by atoms with E-state index in [-0.39, 0.29) is 12.4 Å². The van der Waals surface area contributed by atoms with Gasteiger partial charge in [0, 0.05) is 28.6 Å². The SMILES string of the molecule is Cl.NC1CCCN(Cc2cc(Cl)ccc2Br)C1. The normalized spacial score (nSPS) is 21.0. The Morgan fingerprint density at radius 1 is 1.47 bits per heavy atom. The van der Waals surface area contributed by atoms with Crippen LogP contribution in [0.15, 0.2) is 22.7 Å². The molecule has 1 aliphatic heterocycles. The van der Waals surface area contributed by atoms with Gasteiger partial charge in [-0.05, 0) is 43.1 Å². The van der Waals surface area contributed by atoms with Crippen LogP contribution < -0.4 is 5.73 Å². The Labute approximate surface area is 122 Å². The van der Waals surface area contributed by atoms with Crippen LogP contribution in [0, 0.1) is 0 Å². The molecule has 1 unspecified atom stereocenters. The number of nitrogens with zero attached hydrogens (tertiary/aromatic N) is 1. The lowest BCUT2D eigenvalue weighted by molar-refractivity contribution is 0.201. The molecule has 17 heavy (non-hydrogen) atoms. The zero-order chi connectivity index (χ0) is 11.5. The molecule has 0 saturated carbocycles. The third-order valence-electron chi connectivity index (χ3n) is 2.94. The lowest BCUT2D eigenvalue weighted by Gasteiger charge is -2.30. The van der Waals surface area contributed by atoms with Gasteiger partial charge in [0.05, 0.1) is 0 Å². The molecular weight excluding hydrogens is 323 g/mol. The molecule has 0 aliphatic carbocycles. The molecule has 0 spiro atoms. The van der Waals surface area contributed by atoms with Gasteiger partial charge in [-0.1, -0.05) is 27.5 Å². The first kappa shape index (κ1) is 15.3. The van der Waals surface area contributed by atoms with E-state index in [1.54, 1.807) is 0 Å². The molecule has 0 amide bonds. The lowest BCUT2D eigenvalue weighted by atomic mass is 10.1. The number of hydrogen-bond donors (Lipinski definition) is 1. The largest absolute Gasteiger partial charge is 0.327 e. The summed E-state index contributed by atoms with van der Waals surface area (Å²) in [5, 5.41) is 0.791. The van der Waals surface area contributed by atoms with Crippen LogP contribution >= 0.6 is 39.9 Å². The fourth-order valence-electron chi connectivity index (χ4n) is 2.14. The predicted octanol–water partition coefficient (Wildman–Crippen LogP) is 3.45. The summed E-state index contributed by atoms with van der Waals surface area (Å²) >= 11 is 9.55. The molecule has 1 aromatic carbocycles. The predicted molar refractivity (Wildman–Crippen MR) is 78.9 cm³/mol. The Morgan fingerprint density at radius 3 is 2.94 bits per heavy atom. The van der Waals surface area contributed by atoms with Gasteiger partial charge >= 0.3 is 0 Å². The van der Waals surface area contributed by atoms with Crippen LogP contribution in [-0.4, -0.2) is 24.0 Å². The zero-order valence-corrected chi connectivity index (χ0v) is 12.7. The molecule has 0 bridgehead atoms. The van der Waals surface area contributed by atoms with Crippen LogP contribution in [0.4, 0.5) is 0 Å². The first-order valence-electron chi connectivity index (χ1n) is 5.57. The Kier molecular flexibility index (Phi) is 6.24. The molecule has 96 valence electrons. The highest BCUT2D eigenvalue weighted by molar-refractivity contribution is 9.10. The molecule has 1 fully saturated rings. The molecule has 2 N–H and O–H groups in total. The van der Waals surface area contributed by atoms with E-state index in [0.29, 0.717) is 6.04 Å². The van der Waals surface area contributed by atoms with Crippen LogP contribution in [-0.2, 0) is 6.54 Å². The molecule has 1 aliphatic rings. The van der Waals surface area contributed by atoms with Gasteiger partial charge in [-0.2, -0.15) is 0 Å². The van der Waals surface area contributed by atoms with Crippen molar-refractivity contribution >= 4 is 39.9 Å². The highest BCUT2D eigenvalue weighted by Crippen LogP contribution is 2.23. The summed E-state index contributed by atoms with van der Waals surface area (Å²) in [6.45, 7) is 3.04. The molecule has 0 radical (unpaired) electrons. The monoisotopic (exact) mass is 338 g/mol. The molecule has 1 aromatic rings. The number of hydrogen-bond acceptors (Lipinski definition) is 2. The third kappa shape index (κ3) is 4.42. The Hall–Kier alpha value is 0.200. The van der Waals surface area contributed by atoms with Crippen molar-refractivity contribution in [2.45, 2.75) is 25.4 Å². The van der Waals surface area contributed by atoms with Gasteiger partial charge in [-0.25, -0.2) is 0 Å². The van der Waals surface area contributed by atoms with E-state index in [1.807, 2.05) is 18.2 Å². The molecule has 2 rings (SSSR count). The van der Waals surface area contributed by atoms with Gasteiger partial charge in [0.25, 0.3) is 0 Å². The summed E-state index contributed by atoms with van der Waals surface area (Å²) in [5.41, 5.74) is 7.20. The summed E-state index contributed by atoms with van der Waals surface area (Å²) in [6, 6.07) is 6.25. The third-order valence-corrected chi connectivity index (χ3v) is 3.95. The van der Waals surface area contributed by atoms with Gasteiger partial charge in [0.15, 0.2) is 0 Å². The number of likely N-dealkylation sites (tertiary alicyclic amines) is 1. The molecule has 0 aromatic heterocycles. The van der Waals surface area contributed by atoms with Crippen molar-refractivity contribution < 1.29 is 0 Å². The fourth-order valence-corrected chi connectivity index (χ4v) is 2.71. The van der Waals surface area contributed by atoms with Crippen LogP contribution in [0.5, 0.6) is 0 Å². The highest BCUT2D eigenvalue weighted by atomic mass is 79.9. The van der Waals surface area contributed by atoms with E-state index in [1.165, 1.54) is 12.0 Å². The Balaban J connectivity index is 0.00000144. The maximum Gasteiger partial charge on any atom is 0.0410 e. The van der Waals surface area contributed by atoms with Crippen molar-refractivity contribution in [2.75, 3.05) is 13.1 Å². The van der Waals surface area contributed by atoms with E-state index in [2.05, 4.69) is 20.8 Å². The van der Waals surface area contributed by atoms with Gasteiger partial charge in [0.1, 0.15) is 0 Å². The number of rotatable bonds is 2. The van der Waals surface area contributed by atoms with E-state index in [4.69, 9.17) is 17.3 Å². The maximum absolute atomic E-state index is 6.00. The van der Waals surface area contributed by atoms with Crippen LogP contribution in [0.25, 0.3) is 0 Å². The van der Waals surface area contributed by atoms with E-state index >= 15 is 0 Å². The minimum absolute atomic E-state index is 0. The second-order valence-corrected chi connectivity index (χ2v) is 5.66. The zero-order valence-electron chi connectivity index (χ0n) is 9.53. The van der Waals surface area contributed by atoms with Gasteiger partial charge in [0.2, 0.25) is 0 Å². The van der Waals surface area contributed by atoms with Crippen molar-refractivity contribution in [1.82, 2.24) is 4.90 Å². The van der Waals surface area contributed by atoms with E-state index in [9.17, 15) is 0 Å². The fraction of sp³-hybridized carbons (Fsp3) is 0.500. The van der Waals surface area contributed by atoms with E-state index < -0.39 is 0 Å². The summed E-state index contributed by atoms with van der Waals surface area (Å²) in [7, 11) is 0. The average molecular weight is 340 g/mol. The second kappa shape index (κ2) is 6.95. The van der Waals surface area contributed by atoms with Gasteiger partial charge in [-0.15, -0.1) is 12.4 Å². The van der Waals surface area contributed by atoms with Crippen molar-refractivity contribution in [1.29, 1.82) is 0 Å². The molecule has 1 atom stereocenters. The van der Waals surface area contributed by atoms with Crippen LogP contribution in [0.3, 0.4) is 0 Å². The number of nitrogens with two attached hydrogens (primary N) is 1. The van der Waals surface area contributed by atoms with Crippen LogP contribution in [0.1, 0.15) is 18.4 Å². The van der Waals surface area contributed by atoms with Crippen molar-refractivity contribution in [2.24, 2.45) is 5.73 Å². The first-order chi connectivity index (χ1) is 7.65. The molecule has 2 nitrogen and oxygen atoms in total. The first-order valence-corrected chi connectivity index (χ1v) is 6.74. The number of benzene rings is 1. The Morgan fingerprint density at radius 2 is 2.24 bits per heavy atom. The lowest BCUT2D eigenvalue weighted by Crippen LogP contribution is -2.42. The van der Waals surface area contributed by atoms with E-state index in [0.717, 1.165) is 35.6 Å². The molecular formula is C12H17BrCl2N2. The topological polar surface area (TPSA) is 29.3 Å².